The van der Waals surface area contributed by atoms with Gasteiger partial charge in [-0.15, -0.1) is 0 Å². The molecule has 1 fully saturated rings. The lowest BCUT2D eigenvalue weighted by molar-refractivity contribution is -0.0845. The third kappa shape index (κ3) is 7.70. The van der Waals surface area contributed by atoms with E-state index in [4.69, 9.17) is 18.1 Å². The zero-order valence-electron chi connectivity index (χ0n) is 26.8. The number of benzene rings is 3. The van der Waals surface area contributed by atoms with Gasteiger partial charge in [-0.2, -0.15) is 8.42 Å². The molecule has 4 rings (SSSR count). The molecule has 5 atom stereocenters. The minimum atomic E-state index is -3.99. The van der Waals surface area contributed by atoms with Crippen molar-refractivity contribution >= 4 is 28.8 Å². The van der Waals surface area contributed by atoms with Gasteiger partial charge in [-0.1, -0.05) is 112 Å². The molecule has 0 amide bonds. The highest BCUT2D eigenvalue weighted by Gasteiger charge is 2.55. The smallest absolute Gasteiger partial charge is 0.296 e. The molecule has 1 N–H and O–H groups in total. The molecule has 0 saturated carbocycles. The molecule has 240 valence electrons. The Hall–Kier alpha value is -2.37. The van der Waals surface area contributed by atoms with Crippen molar-refractivity contribution in [3.63, 3.8) is 0 Å². The van der Waals surface area contributed by atoms with Crippen LogP contribution in [0.1, 0.15) is 59.4 Å². The van der Waals surface area contributed by atoms with Crippen molar-refractivity contribution in [1.29, 1.82) is 0 Å². The van der Waals surface area contributed by atoms with E-state index in [1.165, 1.54) is 0 Å². The second-order valence-electron chi connectivity index (χ2n) is 12.7. The summed E-state index contributed by atoms with van der Waals surface area (Å²) in [4.78, 5) is 0.106. The van der Waals surface area contributed by atoms with E-state index in [9.17, 15) is 13.5 Å². The van der Waals surface area contributed by atoms with E-state index >= 15 is 0 Å². The lowest BCUT2D eigenvalue weighted by atomic mass is 10.0. The van der Waals surface area contributed by atoms with Crippen LogP contribution in [-0.2, 0) is 28.2 Å². The van der Waals surface area contributed by atoms with Crippen molar-refractivity contribution in [2.24, 2.45) is 0 Å². The van der Waals surface area contributed by atoms with Crippen LogP contribution in [0.5, 0.6) is 0 Å². The monoisotopic (exact) mass is 640 g/mol. The summed E-state index contributed by atoms with van der Waals surface area (Å²) in [5.74, 6) is 0. The van der Waals surface area contributed by atoms with E-state index < -0.39 is 49.0 Å². The molecule has 3 aromatic rings. The molecule has 3 aromatic carbocycles. The van der Waals surface area contributed by atoms with Crippen molar-refractivity contribution in [2.45, 2.75) is 101 Å². The van der Waals surface area contributed by atoms with Crippen LogP contribution >= 0.6 is 0 Å². The molecule has 0 aromatic heterocycles. The SMILES string of the molecule is CCCCO[C@H]1[C@@H](O)[C@H](C)O[C@@H]1[C@H](CCOS(=O)(=O)c1ccc(C)cc1)O[Si](c1ccccc1)(c1ccccc1)C(C)(C)C. The second-order valence-corrected chi connectivity index (χ2v) is 18.6. The van der Waals surface area contributed by atoms with E-state index in [0.717, 1.165) is 28.8 Å². The van der Waals surface area contributed by atoms with E-state index in [1.807, 2.05) is 50.2 Å². The number of aliphatic hydroxyl groups is 1. The van der Waals surface area contributed by atoms with Gasteiger partial charge in [0.2, 0.25) is 0 Å². The number of hydrogen-bond acceptors (Lipinski definition) is 7. The van der Waals surface area contributed by atoms with Crippen molar-refractivity contribution in [3.8, 4) is 0 Å². The molecule has 0 bridgehead atoms. The first-order valence-corrected chi connectivity index (χ1v) is 18.9. The van der Waals surface area contributed by atoms with Crippen LogP contribution in [0.3, 0.4) is 0 Å². The van der Waals surface area contributed by atoms with Crippen LogP contribution < -0.4 is 10.4 Å². The predicted octanol–water partition coefficient (Wildman–Crippen LogP) is 5.37. The average molecular weight is 641 g/mol. The van der Waals surface area contributed by atoms with Gasteiger partial charge in [0.25, 0.3) is 18.4 Å². The van der Waals surface area contributed by atoms with Gasteiger partial charge in [0.05, 0.1) is 23.7 Å². The van der Waals surface area contributed by atoms with Crippen molar-refractivity contribution < 1.29 is 31.6 Å². The molecule has 1 aliphatic rings. The molecule has 0 unspecified atom stereocenters. The van der Waals surface area contributed by atoms with Gasteiger partial charge in [0.15, 0.2) is 0 Å². The summed E-state index contributed by atoms with van der Waals surface area (Å²) >= 11 is 0. The maximum Gasteiger partial charge on any atom is 0.296 e. The molecule has 9 heteroatoms. The Morgan fingerprint density at radius 1 is 0.909 bits per heavy atom. The highest BCUT2D eigenvalue weighted by atomic mass is 32.2. The summed E-state index contributed by atoms with van der Waals surface area (Å²) in [6.07, 6.45) is -1.21. The minimum Gasteiger partial charge on any atom is -0.402 e. The quantitative estimate of drug-likeness (QED) is 0.144. The van der Waals surface area contributed by atoms with E-state index in [2.05, 4.69) is 52.0 Å². The Morgan fingerprint density at radius 3 is 2.00 bits per heavy atom. The summed E-state index contributed by atoms with van der Waals surface area (Å²) in [5.41, 5.74) is 0.961. The molecular formula is C35H48O7SSi. The van der Waals surface area contributed by atoms with E-state index in [-0.39, 0.29) is 23.0 Å². The number of rotatable bonds is 14. The predicted molar refractivity (Wildman–Crippen MR) is 176 cm³/mol. The minimum absolute atomic E-state index is 0.106. The lowest BCUT2D eigenvalue weighted by Gasteiger charge is -2.46. The second kappa shape index (κ2) is 14.8. The third-order valence-corrected chi connectivity index (χ3v) is 14.8. The van der Waals surface area contributed by atoms with Gasteiger partial charge in [0.1, 0.15) is 18.3 Å². The fraction of sp³-hybridized carbons (Fsp3) is 0.486. The standard InChI is InChI=1S/C35H48O7SSi/c1-7-8-24-39-34-32(36)27(3)41-33(34)31(23-25-40-43(37,38)28-21-19-26(2)20-22-28)42-44(35(4,5)6,29-15-11-9-12-16-29)30-17-13-10-14-18-30/h9-22,27,31-34,36H,7-8,23-25H2,1-6H3/t27-,31-,32-,33+,34-/m0/s1. The van der Waals surface area contributed by atoms with Crippen molar-refractivity contribution in [1.82, 2.24) is 0 Å². The van der Waals surface area contributed by atoms with Crippen LogP contribution in [0, 0.1) is 6.92 Å². The molecule has 0 spiro atoms. The average Bonchev–Trinajstić information content (AvgIpc) is 3.28. The molecule has 1 aliphatic heterocycles. The zero-order chi connectivity index (χ0) is 32.0. The number of unbranched alkanes of at least 4 members (excludes halogenated alkanes) is 1. The normalized spacial score (nSPS) is 21.8. The van der Waals surface area contributed by atoms with Crippen LogP contribution in [-0.4, -0.2) is 65.6 Å². The van der Waals surface area contributed by atoms with Crippen LogP contribution in [0.2, 0.25) is 5.04 Å². The van der Waals surface area contributed by atoms with E-state index in [0.29, 0.717) is 6.61 Å². The first-order chi connectivity index (χ1) is 20.9. The molecule has 1 saturated heterocycles. The zero-order valence-corrected chi connectivity index (χ0v) is 28.6. The molecule has 0 radical (unpaired) electrons. The van der Waals surface area contributed by atoms with Gasteiger partial charge in [-0.05, 0) is 54.2 Å². The Labute approximate surface area is 264 Å². The lowest BCUT2D eigenvalue weighted by Crippen LogP contribution is -2.69. The maximum absolute atomic E-state index is 13.1. The van der Waals surface area contributed by atoms with E-state index in [1.54, 1.807) is 24.3 Å². The maximum atomic E-state index is 13.1. The Kier molecular flexibility index (Phi) is 11.6. The number of aliphatic hydroxyl groups excluding tert-OH is 1. The summed E-state index contributed by atoms with van der Waals surface area (Å²) in [6, 6.07) is 27.1. The molecular weight excluding hydrogens is 593 g/mol. The number of hydrogen-bond donors (Lipinski definition) is 1. The van der Waals surface area contributed by atoms with Gasteiger partial charge < -0.3 is 19.0 Å². The van der Waals surface area contributed by atoms with Crippen LogP contribution in [0.25, 0.3) is 0 Å². The van der Waals surface area contributed by atoms with Crippen molar-refractivity contribution in [3.05, 3.63) is 90.5 Å². The molecule has 7 nitrogen and oxygen atoms in total. The molecule has 44 heavy (non-hydrogen) atoms. The number of ether oxygens (including phenoxy) is 2. The summed E-state index contributed by atoms with van der Waals surface area (Å²) in [5, 5.41) is 13.0. The largest absolute Gasteiger partial charge is 0.402 e. The van der Waals surface area contributed by atoms with Crippen molar-refractivity contribution in [2.75, 3.05) is 13.2 Å². The Balaban J connectivity index is 1.76. The molecule has 0 aliphatic carbocycles. The highest BCUT2D eigenvalue weighted by Crippen LogP contribution is 2.40. The topological polar surface area (TPSA) is 91.3 Å². The first kappa shape index (κ1) is 34.5. The van der Waals surface area contributed by atoms with Gasteiger partial charge in [-0.25, -0.2) is 0 Å². The third-order valence-electron chi connectivity index (χ3n) is 8.38. The summed E-state index contributed by atoms with van der Waals surface area (Å²) < 4.78 is 52.0. The highest BCUT2D eigenvalue weighted by molar-refractivity contribution is 7.86. The fourth-order valence-electron chi connectivity index (χ4n) is 5.98. The van der Waals surface area contributed by atoms with Crippen LogP contribution in [0.4, 0.5) is 0 Å². The van der Waals surface area contributed by atoms with Gasteiger partial charge in [0, 0.05) is 6.61 Å². The summed E-state index contributed by atoms with van der Waals surface area (Å²) in [6.45, 7) is 12.8. The first-order valence-electron chi connectivity index (χ1n) is 15.6. The summed E-state index contributed by atoms with van der Waals surface area (Å²) in [7, 11) is -7.07. The van der Waals surface area contributed by atoms with Gasteiger partial charge in [-0.3, -0.25) is 4.18 Å². The van der Waals surface area contributed by atoms with Gasteiger partial charge >= 0.3 is 0 Å². The number of aryl methyl sites for hydroxylation is 1. The Morgan fingerprint density at radius 2 is 1.48 bits per heavy atom. The molecule has 1 heterocycles. The Bertz CT molecular complexity index is 1370. The van der Waals surface area contributed by atoms with Crippen LogP contribution in [0.15, 0.2) is 89.8 Å². The fourth-order valence-corrected chi connectivity index (χ4v) is 11.6.